The maximum Gasteiger partial charge on any atom is 0.160 e. The molecule has 0 bridgehead atoms. The molecule has 0 aliphatic rings. The standard InChI is InChI=1S/C13H13F2NO2S/c1-16-7-9-2-3-10(18-9)8-19(17)11-4-5-12(14)13(15)6-11/h2-6,16H,7-8H2,1H3. The van der Waals surface area contributed by atoms with Gasteiger partial charge in [0, 0.05) is 4.90 Å². The Morgan fingerprint density at radius 3 is 2.58 bits per heavy atom. The van der Waals surface area contributed by atoms with Gasteiger partial charge in [-0.2, -0.15) is 0 Å². The Kier molecular flexibility index (Phi) is 4.44. The number of hydrogen-bond acceptors (Lipinski definition) is 3. The minimum Gasteiger partial charge on any atom is -0.464 e. The zero-order valence-electron chi connectivity index (χ0n) is 10.3. The van der Waals surface area contributed by atoms with Crippen molar-refractivity contribution in [3.63, 3.8) is 0 Å². The highest BCUT2D eigenvalue weighted by molar-refractivity contribution is 7.84. The Morgan fingerprint density at radius 2 is 1.89 bits per heavy atom. The van der Waals surface area contributed by atoms with E-state index in [9.17, 15) is 13.0 Å². The van der Waals surface area contributed by atoms with Crippen molar-refractivity contribution in [1.29, 1.82) is 0 Å². The molecule has 1 atom stereocenters. The van der Waals surface area contributed by atoms with E-state index in [-0.39, 0.29) is 10.6 Å². The van der Waals surface area contributed by atoms with Gasteiger partial charge in [0.2, 0.25) is 0 Å². The van der Waals surface area contributed by atoms with E-state index in [1.54, 1.807) is 19.2 Å². The van der Waals surface area contributed by atoms with Crippen LogP contribution in [0.4, 0.5) is 8.78 Å². The third-order valence-electron chi connectivity index (χ3n) is 2.50. The molecule has 1 N–H and O–H groups in total. The summed E-state index contributed by atoms with van der Waals surface area (Å²) in [5.74, 6) is -0.529. The van der Waals surface area contributed by atoms with E-state index in [1.807, 2.05) is 0 Å². The summed E-state index contributed by atoms with van der Waals surface area (Å²) in [5, 5.41) is 2.94. The molecule has 0 fully saturated rings. The lowest BCUT2D eigenvalue weighted by atomic mass is 10.3. The first-order chi connectivity index (χ1) is 9.10. The van der Waals surface area contributed by atoms with E-state index in [0.717, 1.165) is 17.9 Å². The van der Waals surface area contributed by atoms with Crippen LogP contribution in [-0.4, -0.2) is 11.3 Å². The lowest BCUT2D eigenvalue weighted by Gasteiger charge is -2.01. The summed E-state index contributed by atoms with van der Waals surface area (Å²) in [7, 11) is 0.329. The summed E-state index contributed by atoms with van der Waals surface area (Å²) in [4.78, 5) is 0.241. The monoisotopic (exact) mass is 285 g/mol. The summed E-state index contributed by atoms with van der Waals surface area (Å²) in [6, 6.07) is 6.74. The van der Waals surface area contributed by atoms with Crippen LogP contribution in [0.2, 0.25) is 0 Å². The third-order valence-corrected chi connectivity index (χ3v) is 3.82. The average Bonchev–Trinajstić information content (AvgIpc) is 2.80. The van der Waals surface area contributed by atoms with Gasteiger partial charge in [-0.3, -0.25) is 4.21 Å². The normalized spacial score (nSPS) is 12.6. The first kappa shape index (κ1) is 13.9. The average molecular weight is 285 g/mol. The Morgan fingerprint density at radius 1 is 1.16 bits per heavy atom. The molecule has 0 saturated carbocycles. The highest BCUT2D eigenvalue weighted by Gasteiger charge is 2.11. The first-order valence-electron chi connectivity index (χ1n) is 5.66. The molecule has 2 rings (SSSR count). The van der Waals surface area contributed by atoms with Crippen LogP contribution in [0.25, 0.3) is 0 Å². The van der Waals surface area contributed by atoms with Crippen LogP contribution in [0.3, 0.4) is 0 Å². The summed E-state index contributed by atoms with van der Waals surface area (Å²) in [5.41, 5.74) is 0. The molecular weight excluding hydrogens is 272 g/mol. The fraction of sp³-hybridized carbons (Fsp3) is 0.231. The van der Waals surface area contributed by atoms with Crippen molar-refractivity contribution < 1.29 is 17.4 Å². The van der Waals surface area contributed by atoms with Gasteiger partial charge in [0.05, 0.1) is 23.1 Å². The minimum atomic E-state index is -1.46. The van der Waals surface area contributed by atoms with Crippen molar-refractivity contribution in [1.82, 2.24) is 5.32 Å². The zero-order chi connectivity index (χ0) is 13.8. The largest absolute Gasteiger partial charge is 0.464 e. The fourth-order valence-electron chi connectivity index (χ4n) is 1.60. The van der Waals surface area contributed by atoms with E-state index in [4.69, 9.17) is 4.42 Å². The van der Waals surface area contributed by atoms with Gasteiger partial charge in [-0.1, -0.05) is 0 Å². The molecule has 1 aromatic heterocycles. The molecule has 3 nitrogen and oxygen atoms in total. The van der Waals surface area contributed by atoms with Crippen molar-refractivity contribution >= 4 is 10.8 Å². The van der Waals surface area contributed by atoms with Crippen LogP contribution in [0.15, 0.2) is 39.6 Å². The summed E-state index contributed by atoms with van der Waals surface area (Å²) in [6.45, 7) is 0.581. The van der Waals surface area contributed by atoms with Gasteiger partial charge in [-0.05, 0) is 37.4 Å². The second-order valence-electron chi connectivity index (χ2n) is 3.96. The predicted molar refractivity (Wildman–Crippen MR) is 67.9 cm³/mol. The van der Waals surface area contributed by atoms with Crippen LogP contribution in [-0.2, 0) is 23.1 Å². The summed E-state index contributed by atoms with van der Waals surface area (Å²) < 4.78 is 43.3. The molecule has 1 unspecified atom stereocenters. The Bertz CT molecular complexity index is 598. The Labute approximate surface area is 112 Å². The lowest BCUT2D eigenvalue weighted by molar-refractivity contribution is 0.467. The molecule has 19 heavy (non-hydrogen) atoms. The van der Waals surface area contributed by atoms with Gasteiger partial charge in [0.15, 0.2) is 11.6 Å². The molecule has 0 saturated heterocycles. The molecule has 0 aliphatic carbocycles. The number of benzene rings is 1. The van der Waals surface area contributed by atoms with Crippen LogP contribution in [0, 0.1) is 11.6 Å². The quantitative estimate of drug-likeness (QED) is 0.918. The third kappa shape index (κ3) is 3.48. The van der Waals surface area contributed by atoms with Crippen molar-refractivity contribution in [3.05, 3.63) is 53.5 Å². The maximum atomic E-state index is 13.0. The molecule has 0 aliphatic heterocycles. The van der Waals surface area contributed by atoms with Gasteiger partial charge in [-0.15, -0.1) is 0 Å². The second kappa shape index (κ2) is 6.08. The van der Waals surface area contributed by atoms with Gasteiger partial charge in [0.25, 0.3) is 0 Å². The number of nitrogens with one attached hydrogen (secondary N) is 1. The number of halogens is 2. The topological polar surface area (TPSA) is 42.2 Å². The van der Waals surface area contributed by atoms with Gasteiger partial charge in [0.1, 0.15) is 11.5 Å². The Balaban J connectivity index is 2.09. The molecule has 0 radical (unpaired) electrons. The SMILES string of the molecule is CNCc1ccc(CS(=O)c2ccc(F)c(F)c2)o1. The highest BCUT2D eigenvalue weighted by atomic mass is 32.2. The predicted octanol–water partition coefficient (Wildman–Crippen LogP) is 2.59. The maximum absolute atomic E-state index is 13.0. The van der Waals surface area contributed by atoms with Crippen molar-refractivity contribution in [2.45, 2.75) is 17.2 Å². The van der Waals surface area contributed by atoms with Crippen LogP contribution in [0.5, 0.6) is 0 Å². The van der Waals surface area contributed by atoms with Gasteiger partial charge >= 0.3 is 0 Å². The molecule has 0 amide bonds. The van der Waals surface area contributed by atoms with E-state index in [1.165, 1.54) is 6.07 Å². The van der Waals surface area contributed by atoms with Crippen LogP contribution < -0.4 is 5.32 Å². The van der Waals surface area contributed by atoms with Crippen molar-refractivity contribution in [2.24, 2.45) is 0 Å². The Hall–Kier alpha value is -1.53. The molecular formula is C13H13F2NO2S. The lowest BCUT2D eigenvalue weighted by Crippen LogP contribution is -2.03. The number of rotatable bonds is 5. The van der Waals surface area contributed by atoms with Gasteiger partial charge < -0.3 is 9.73 Å². The zero-order valence-corrected chi connectivity index (χ0v) is 11.1. The van der Waals surface area contributed by atoms with Crippen molar-refractivity contribution in [3.8, 4) is 0 Å². The second-order valence-corrected chi connectivity index (χ2v) is 5.42. The molecule has 0 spiro atoms. The molecule has 2 aromatic rings. The first-order valence-corrected chi connectivity index (χ1v) is 6.97. The molecule has 1 heterocycles. The van der Waals surface area contributed by atoms with Crippen LogP contribution in [0.1, 0.15) is 11.5 Å². The van der Waals surface area contributed by atoms with E-state index in [0.29, 0.717) is 12.3 Å². The molecule has 6 heteroatoms. The summed E-state index contributed by atoms with van der Waals surface area (Å²) in [6.07, 6.45) is 0. The number of hydrogen-bond donors (Lipinski definition) is 1. The summed E-state index contributed by atoms with van der Waals surface area (Å²) >= 11 is 0. The smallest absolute Gasteiger partial charge is 0.160 e. The van der Waals surface area contributed by atoms with Gasteiger partial charge in [-0.25, -0.2) is 8.78 Å². The molecule has 1 aromatic carbocycles. The van der Waals surface area contributed by atoms with Crippen LogP contribution >= 0.6 is 0 Å². The number of furan rings is 1. The van der Waals surface area contributed by atoms with E-state index in [2.05, 4.69) is 5.32 Å². The van der Waals surface area contributed by atoms with E-state index >= 15 is 0 Å². The van der Waals surface area contributed by atoms with Crippen molar-refractivity contribution in [2.75, 3.05) is 7.05 Å². The fourth-order valence-corrected chi connectivity index (χ4v) is 2.64. The minimum absolute atomic E-state index is 0.134. The van der Waals surface area contributed by atoms with E-state index < -0.39 is 22.4 Å². The highest BCUT2D eigenvalue weighted by Crippen LogP contribution is 2.17. The molecule has 102 valence electrons.